The van der Waals surface area contributed by atoms with Crippen molar-refractivity contribution in [3.63, 3.8) is 0 Å². The molecule has 4 aromatic rings. The molecule has 0 bridgehead atoms. The Morgan fingerprint density at radius 1 is 1.08 bits per heavy atom. The van der Waals surface area contributed by atoms with Crippen LogP contribution in [0.25, 0.3) is 10.9 Å². The van der Waals surface area contributed by atoms with Crippen LogP contribution < -0.4 is 25.8 Å². The molecule has 51 heavy (non-hydrogen) atoms. The predicted octanol–water partition coefficient (Wildman–Crippen LogP) is 2.33. The van der Waals surface area contributed by atoms with Crippen molar-refractivity contribution in [2.75, 3.05) is 11.4 Å². The summed E-state index contributed by atoms with van der Waals surface area (Å²) in [5, 5.41) is 15.0. The number of amides is 3. The molecule has 5 rings (SSSR count). The molecule has 1 aromatic heterocycles. The molecule has 3 amide bonds. The zero-order chi connectivity index (χ0) is 36.9. The Bertz CT molecular complexity index is 2200. The maximum Gasteiger partial charge on any atom is 0.326 e. The lowest BCUT2D eigenvalue weighted by molar-refractivity contribution is -0.139. The molecule has 1 aliphatic carbocycles. The SMILES string of the molecule is C#CCN(c1ccc(C(=O)N[C@@H](CCC(=O)N[C@H](C)C(=O)NS(=O)(=O)c2ccccc2)C(=O)O)cc1)[C@@H]1CCc2cc3nc(C)[nH]c(=O)c3cc21. The van der Waals surface area contributed by atoms with Gasteiger partial charge in [0.05, 0.1) is 28.4 Å². The number of aryl methyl sites for hydroxylation is 2. The molecule has 0 unspecified atom stereocenters. The van der Waals surface area contributed by atoms with Crippen LogP contribution in [0.4, 0.5) is 5.69 Å². The van der Waals surface area contributed by atoms with Crippen LogP contribution in [-0.4, -0.2) is 65.8 Å². The van der Waals surface area contributed by atoms with Crippen molar-refractivity contribution >= 4 is 50.3 Å². The van der Waals surface area contributed by atoms with Crippen molar-refractivity contribution in [2.45, 2.75) is 62.6 Å². The highest BCUT2D eigenvalue weighted by Crippen LogP contribution is 2.39. The minimum absolute atomic E-state index is 0.128. The van der Waals surface area contributed by atoms with E-state index >= 15 is 0 Å². The van der Waals surface area contributed by atoms with Crippen LogP contribution >= 0.6 is 0 Å². The third-order valence-electron chi connectivity index (χ3n) is 8.55. The van der Waals surface area contributed by atoms with Crippen molar-refractivity contribution in [2.24, 2.45) is 0 Å². The Labute approximate surface area is 293 Å². The largest absolute Gasteiger partial charge is 0.480 e. The molecule has 0 radical (unpaired) electrons. The van der Waals surface area contributed by atoms with Gasteiger partial charge in [-0.3, -0.25) is 19.2 Å². The summed E-state index contributed by atoms with van der Waals surface area (Å²) in [6, 6.07) is 14.7. The molecular weight excluding hydrogens is 676 g/mol. The van der Waals surface area contributed by atoms with Crippen LogP contribution in [0.2, 0.25) is 0 Å². The average molecular weight is 713 g/mol. The molecule has 0 spiro atoms. The average Bonchev–Trinajstić information content (AvgIpc) is 3.50. The summed E-state index contributed by atoms with van der Waals surface area (Å²) >= 11 is 0. The smallest absolute Gasteiger partial charge is 0.326 e. The summed E-state index contributed by atoms with van der Waals surface area (Å²) in [5.74, 6) is -0.533. The number of H-pyrrole nitrogens is 1. The van der Waals surface area contributed by atoms with Crippen molar-refractivity contribution in [1.29, 1.82) is 0 Å². The second-order valence-electron chi connectivity index (χ2n) is 12.1. The molecule has 5 N–H and O–H groups in total. The van der Waals surface area contributed by atoms with E-state index < -0.39 is 45.8 Å². The van der Waals surface area contributed by atoms with Gasteiger partial charge < -0.3 is 25.6 Å². The number of carboxylic acids is 1. The molecule has 1 heterocycles. The fourth-order valence-electron chi connectivity index (χ4n) is 5.98. The highest BCUT2D eigenvalue weighted by atomic mass is 32.2. The number of fused-ring (bicyclic) bond motifs is 2. The van der Waals surface area contributed by atoms with Crippen molar-refractivity contribution < 1.29 is 32.7 Å². The van der Waals surface area contributed by atoms with Gasteiger partial charge in [-0.2, -0.15) is 0 Å². The summed E-state index contributed by atoms with van der Waals surface area (Å²) in [4.78, 5) is 71.7. The number of hydrogen-bond donors (Lipinski definition) is 5. The first-order valence-electron chi connectivity index (χ1n) is 16.1. The number of aliphatic carboxylic acids is 1. The monoisotopic (exact) mass is 712 g/mol. The van der Waals surface area contributed by atoms with Crippen LogP contribution in [0.1, 0.15) is 59.5 Å². The molecule has 0 saturated heterocycles. The molecule has 3 atom stereocenters. The molecule has 264 valence electrons. The van der Waals surface area contributed by atoms with E-state index in [0.29, 0.717) is 16.7 Å². The van der Waals surface area contributed by atoms with Gasteiger partial charge >= 0.3 is 5.97 Å². The fraction of sp³-hybridized carbons (Fsp3) is 0.278. The molecule has 0 saturated carbocycles. The van der Waals surface area contributed by atoms with E-state index in [4.69, 9.17) is 6.42 Å². The lowest BCUT2D eigenvalue weighted by atomic mass is 10.0. The van der Waals surface area contributed by atoms with Gasteiger partial charge in [0.25, 0.3) is 27.4 Å². The first kappa shape index (κ1) is 36.3. The number of nitrogens with one attached hydrogen (secondary N) is 4. The first-order chi connectivity index (χ1) is 24.3. The molecule has 0 aliphatic heterocycles. The van der Waals surface area contributed by atoms with Gasteiger partial charge in [-0.15, -0.1) is 6.42 Å². The number of terminal acetylenes is 1. The number of benzene rings is 3. The second-order valence-corrected chi connectivity index (χ2v) is 13.8. The minimum atomic E-state index is -4.16. The normalized spacial score (nSPS) is 14.8. The zero-order valence-electron chi connectivity index (χ0n) is 27.8. The zero-order valence-corrected chi connectivity index (χ0v) is 28.6. The first-order valence-corrected chi connectivity index (χ1v) is 17.5. The number of hydrogen-bond acceptors (Lipinski definition) is 9. The van der Waals surface area contributed by atoms with Gasteiger partial charge in [-0.25, -0.2) is 22.9 Å². The Morgan fingerprint density at radius 3 is 2.45 bits per heavy atom. The molecule has 15 heteroatoms. The quantitative estimate of drug-likeness (QED) is 0.128. The molecule has 0 fully saturated rings. The number of nitrogens with zero attached hydrogens (tertiary/aromatic N) is 2. The maximum atomic E-state index is 13.1. The lowest BCUT2D eigenvalue weighted by Gasteiger charge is -2.30. The summed E-state index contributed by atoms with van der Waals surface area (Å²) in [6.45, 7) is 3.27. The molecule has 1 aliphatic rings. The van der Waals surface area contributed by atoms with Crippen LogP contribution in [0.5, 0.6) is 0 Å². The summed E-state index contributed by atoms with van der Waals surface area (Å²) in [5.41, 5.74) is 3.34. The highest BCUT2D eigenvalue weighted by Gasteiger charge is 2.30. The van der Waals surface area contributed by atoms with Gasteiger partial charge in [0.15, 0.2) is 0 Å². The predicted molar refractivity (Wildman–Crippen MR) is 188 cm³/mol. The molecule has 3 aromatic carbocycles. The van der Waals surface area contributed by atoms with Crippen LogP contribution in [0.3, 0.4) is 0 Å². The number of aromatic amines is 1. The number of anilines is 1. The maximum absolute atomic E-state index is 13.1. The van der Waals surface area contributed by atoms with Gasteiger partial charge in [0.2, 0.25) is 5.91 Å². The van der Waals surface area contributed by atoms with E-state index in [1.165, 1.54) is 43.3 Å². The van der Waals surface area contributed by atoms with Crippen LogP contribution in [0.15, 0.2) is 76.4 Å². The van der Waals surface area contributed by atoms with Crippen molar-refractivity contribution in [3.05, 3.63) is 99.6 Å². The Hall–Kier alpha value is -6.01. The van der Waals surface area contributed by atoms with Gasteiger partial charge in [-0.05, 0) is 92.8 Å². The highest BCUT2D eigenvalue weighted by molar-refractivity contribution is 7.90. The molecule has 14 nitrogen and oxygen atoms in total. The van der Waals surface area contributed by atoms with Crippen molar-refractivity contribution in [3.8, 4) is 12.3 Å². The standard InChI is InChI=1S/C36H36N6O8S/c1-4-18-42(31-16-12-24-19-30-28(20-27(24)31)35(46)39-22(3)38-30)25-13-10-23(11-14-25)34(45)40-29(36(47)48)15-17-32(43)37-21(2)33(44)41-51(49,50)26-8-6-5-7-9-26/h1,5-11,13-14,19-21,29,31H,12,15-18H2,2-3H3,(H,37,43)(H,40,45)(H,41,44)(H,47,48)(H,38,39,46)/t21-,29+,31-/m1/s1. The van der Waals surface area contributed by atoms with Crippen molar-refractivity contribution in [1.82, 2.24) is 25.3 Å². The lowest BCUT2D eigenvalue weighted by Crippen LogP contribution is -2.47. The number of rotatable bonds is 13. The van der Waals surface area contributed by atoms with Gasteiger partial charge in [-0.1, -0.05) is 24.1 Å². The van der Waals surface area contributed by atoms with E-state index in [9.17, 15) is 37.5 Å². The number of sulfonamides is 1. The number of aromatic nitrogens is 2. The third-order valence-corrected chi connectivity index (χ3v) is 9.92. The van der Waals surface area contributed by atoms with Gasteiger partial charge in [0, 0.05) is 17.7 Å². The van der Waals surface area contributed by atoms with E-state index in [0.717, 1.165) is 29.7 Å². The third kappa shape index (κ3) is 8.42. The number of carboxylic acid groups (broad SMARTS) is 1. The second kappa shape index (κ2) is 15.3. The van der Waals surface area contributed by atoms with E-state index in [-0.39, 0.29) is 41.4 Å². The Kier molecular flexibility index (Phi) is 10.9. The summed E-state index contributed by atoms with van der Waals surface area (Å²) in [6.07, 6.45) is 6.57. The molecular formula is C36H36N6O8S. The van der Waals surface area contributed by atoms with E-state index in [1.54, 1.807) is 25.1 Å². The fourth-order valence-corrected chi connectivity index (χ4v) is 7.05. The number of carbonyl (C=O) groups excluding carboxylic acids is 3. The summed E-state index contributed by atoms with van der Waals surface area (Å²) < 4.78 is 26.7. The topological polar surface area (TPSA) is 208 Å². The Balaban J connectivity index is 1.20. The van der Waals surface area contributed by atoms with Crippen LogP contribution in [0, 0.1) is 19.3 Å². The number of carbonyl (C=O) groups is 4. The minimum Gasteiger partial charge on any atom is -0.480 e. The van der Waals surface area contributed by atoms with Gasteiger partial charge in [0.1, 0.15) is 17.9 Å². The van der Waals surface area contributed by atoms with E-state index in [2.05, 4.69) is 26.5 Å². The van der Waals surface area contributed by atoms with E-state index in [1.807, 2.05) is 21.8 Å². The summed E-state index contributed by atoms with van der Waals surface area (Å²) in [7, 11) is -4.16. The Morgan fingerprint density at radius 2 is 1.78 bits per heavy atom. The van der Waals surface area contributed by atoms with Crippen LogP contribution in [-0.2, 0) is 30.8 Å².